The molecule has 0 fully saturated rings. The van der Waals surface area contributed by atoms with E-state index in [-0.39, 0.29) is 0 Å². The maximum atomic E-state index is 12.4. The van der Waals surface area contributed by atoms with Crippen LogP contribution in [0.1, 0.15) is 5.56 Å². The molecule has 0 aromatic heterocycles. The Morgan fingerprint density at radius 2 is 1.83 bits per heavy atom. The van der Waals surface area contributed by atoms with E-state index < -0.39 is 6.36 Å². The van der Waals surface area contributed by atoms with E-state index in [0.29, 0.717) is 5.56 Å². The minimum Gasteiger partial charge on any atom is -0.497 e. The van der Waals surface area contributed by atoms with Gasteiger partial charge >= 0.3 is 0 Å². The second kappa shape index (κ2) is 5.65. The average Bonchev–Trinajstić information content (AvgIpc) is 2.39. The van der Waals surface area contributed by atoms with Gasteiger partial charge in [-0.3, -0.25) is 0 Å². The van der Waals surface area contributed by atoms with E-state index in [1.165, 1.54) is 0 Å². The molecule has 2 rings (SSSR count). The number of methoxy groups -OCH3 is 1. The largest absolute Gasteiger partial charge is 0.497 e. The molecule has 0 heterocycles. The second-order valence-corrected chi connectivity index (χ2v) is 3.89. The van der Waals surface area contributed by atoms with Gasteiger partial charge in [0.1, 0.15) is 5.75 Å². The van der Waals surface area contributed by atoms with Gasteiger partial charge in [-0.25, -0.2) is 4.39 Å². The normalized spacial score (nSPS) is 12.2. The Morgan fingerprint density at radius 3 is 2.44 bits per heavy atom. The fourth-order valence-electron chi connectivity index (χ4n) is 1.75. The van der Waals surface area contributed by atoms with Crippen molar-refractivity contribution in [1.29, 1.82) is 0 Å². The van der Waals surface area contributed by atoms with Crippen LogP contribution in [0.4, 0.5) is 4.39 Å². The third-order valence-electron chi connectivity index (χ3n) is 2.64. The molecule has 0 aliphatic heterocycles. The Kier molecular flexibility index (Phi) is 3.95. The summed E-state index contributed by atoms with van der Waals surface area (Å²) in [6.45, 7) is 0. The monoisotopic (exact) mass is 245 g/mol. The maximum absolute atomic E-state index is 12.4. The minimum atomic E-state index is -1.92. The first-order chi connectivity index (χ1) is 8.69. The molecule has 1 radical (unpaired) electrons. The van der Waals surface area contributed by atoms with Crippen LogP contribution in [-0.4, -0.2) is 18.6 Å². The van der Waals surface area contributed by atoms with E-state index >= 15 is 0 Å². The Balaban J connectivity index is 2.22. The van der Waals surface area contributed by atoms with Crippen molar-refractivity contribution < 1.29 is 14.2 Å². The van der Waals surface area contributed by atoms with Crippen LogP contribution in [-0.2, 0) is 0 Å². The van der Waals surface area contributed by atoms with Gasteiger partial charge in [0, 0.05) is 0 Å². The third kappa shape index (κ3) is 3.08. The lowest BCUT2D eigenvalue weighted by atomic mass is 10.0. The van der Waals surface area contributed by atoms with E-state index in [1.54, 1.807) is 19.2 Å². The molecule has 0 bridgehead atoms. The summed E-state index contributed by atoms with van der Waals surface area (Å²) < 4.78 is 17.6. The lowest BCUT2D eigenvalue weighted by Crippen LogP contribution is -1.98. The van der Waals surface area contributed by atoms with Gasteiger partial charge in [-0.05, 0) is 28.8 Å². The third-order valence-corrected chi connectivity index (χ3v) is 2.64. The summed E-state index contributed by atoms with van der Waals surface area (Å²) in [5.41, 5.74) is 2.69. The number of alkyl halides is 1. The van der Waals surface area contributed by atoms with Crippen LogP contribution in [0.3, 0.4) is 0 Å². The molecule has 2 aromatic rings. The lowest BCUT2D eigenvalue weighted by molar-refractivity contribution is 0.0760. The molecular formula is C15H14FO2. The van der Waals surface area contributed by atoms with Crippen molar-refractivity contribution in [2.24, 2.45) is 0 Å². The first-order valence-electron chi connectivity index (χ1n) is 5.60. The quantitative estimate of drug-likeness (QED) is 0.896. The summed E-state index contributed by atoms with van der Waals surface area (Å²) in [5.74, 6) is 0.794. The highest BCUT2D eigenvalue weighted by molar-refractivity contribution is 5.65. The Hall–Kier alpha value is -1.87. The van der Waals surface area contributed by atoms with E-state index in [2.05, 4.69) is 0 Å². The van der Waals surface area contributed by atoms with Crippen molar-refractivity contribution in [2.75, 3.05) is 7.11 Å². The zero-order chi connectivity index (χ0) is 13.0. The molecule has 1 N–H and O–H groups in total. The Bertz CT molecular complexity index is 506. The predicted octanol–water partition coefficient (Wildman–Crippen LogP) is 3.20. The number of ether oxygens (including phenoxy) is 1. The molecule has 18 heavy (non-hydrogen) atoms. The second-order valence-electron chi connectivity index (χ2n) is 3.89. The van der Waals surface area contributed by atoms with Gasteiger partial charge in [0.15, 0.2) is 0 Å². The van der Waals surface area contributed by atoms with Crippen LogP contribution < -0.4 is 4.74 Å². The summed E-state index contributed by atoms with van der Waals surface area (Å²) in [5, 5.41) is 8.62. The van der Waals surface area contributed by atoms with Gasteiger partial charge in [0.25, 0.3) is 0 Å². The number of aliphatic hydroxyl groups is 1. The molecule has 0 aliphatic rings. The number of hydrogen-bond donors (Lipinski definition) is 1. The van der Waals surface area contributed by atoms with Crippen molar-refractivity contribution in [3.63, 3.8) is 0 Å². The molecule has 0 saturated heterocycles. The molecule has 2 aromatic carbocycles. The van der Waals surface area contributed by atoms with Gasteiger partial charge < -0.3 is 9.84 Å². The maximum Gasteiger partial charge on any atom is 0.204 e. The number of hydrogen-bond acceptors (Lipinski definition) is 2. The smallest absolute Gasteiger partial charge is 0.204 e. The highest BCUT2D eigenvalue weighted by Gasteiger charge is 2.04. The summed E-state index contributed by atoms with van der Waals surface area (Å²) in [7, 11) is 1.62. The number of benzene rings is 2. The molecule has 2 nitrogen and oxygen atoms in total. The highest BCUT2D eigenvalue weighted by Crippen LogP contribution is 2.24. The summed E-state index contributed by atoms with van der Waals surface area (Å²) in [4.78, 5) is 0. The molecule has 93 valence electrons. The van der Waals surface area contributed by atoms with Crippen molar-refractivity contribution >= 4 is 0 Å². The van der Waals surface area contributed by atoms with Crippen LogP contribution >= 0.6 is 0 Å². The molecule has 0 aliphatic carbocycles. The number of aliphatic hydroxyl groups excluding tert-OH is 1. The van der Waals surface area contributed by atoms with Crippen LogP contribution in [0.25, 0.3) is 11.1 Å². The van der Waals surface area contributed by atoms with Crippen molar-refractivity contribution in [1.82, 2.24) is 0 Å². The first-order valence-corrected chi connectivity index (χ1v) is 5.60. The van der Waals surface area contributed by atoms with Crippen LogP contribution in [0, 0.1) is 6.42 Å². The molecule has 0 spiro atoms. The van der Waals surface area contributed by atoms with Gasteiger partial charge in [-0.1, -0.05) is 36.4 Å². The zero-order valence-corrected chi connectivity index (χ0v) is 10.0. The Labute approximate surface area is 106 Å². The van der Waals surface area contributed by atoms with Crippen LogP contribution in [0.2, 0.25) is 0 Å². The zero-order valence-electron chi connectivity index (χ0n) is 10.0. The van der Waals surface area contributed by atoms with Gasteiger partial charge in [-0.2, -0.15) is 0 Å². The minimum absolute atomic E-state index is 0.650. The SMILES string of the molecule is COc1cccc(-c2ccc([CH]C(O)F)cc2)c1. The van der Waals surface area contributed by atoms with E-state index in [9.17, 15) is 4.39 Å². The molecule has 0 amide bonds. The molecule has 1 atom stereocenters. The first kappa shape index (κ1) is 12.6. The average molecular weight is 245 g/mol. The topological polar surface area (TPSA) is 29.5 Å². The standard InChI is InChI=1S/C15H14FO2/c1-18-14-4-2-3-13(10-14)12-7-5-11(6-8-12)9-15(16)17/h2-10,15,17H,1H3. The molecular weight excluding hydrogens is 231 g/mol. The summed E-state index contributed by atoms with van der Waals surface area (Å²) in [6, 6.07) is 15.0. The van der Waals surface area contributed by atoms with Crippen LogP contribution in [0.15, 0.2) is 48.5 Å². The fourth-order valence-corrected chi connectivity index (χ4v) is 1.75. The van der Waals surface area contributed by atoms with Gasteiger partial charge in [0.2, 0.25) is 6.36 Å². The van der Waals surface area contributed by atoms with Crippen molar-refractivity contribution in [3.8, 4) is 16.9 Å². The number of halogens is 1. The van der Waals surface area contributed by atoms with E-state index in [1.807, 2.05) is 36.4 Å². The Morgan fingerprint density at radius 1 is 1.11 bits per heavy atom. The van der Waals surface area contributed by atoms with E-state index in [0.717, 1.165) is 23.3 Å². The summed E-state index contributed by atoms with van der Waals surface area (Å²) >= 11 is 0. The summed E-state index contributed by atoms with van der Waals surface area (Å²) in [6.07, 6.45) is -0.775. The molecule has 1 unspecified atom stereocenters. The molecule has 3 heteroatoms. The predicted molar refractivity (Wildman–Crippen MR) is 68.9 cm³/mol. The number of rotatable bonds is 4. The van der Waals surface area contributed by atoms with Gasteiger partial charge in [-0.15, -0.1) is 0 Å². The highest BCUT2D eigenvalue weighted by atomic mass is 19.1. The molecule has 0 saturated carbocycles. The van der Waals surface area contributed by atoms with Crippen molar-refractivity contribution in [3.05, 3.63) is 60.5 Å². The lowest BCUT2D eigenvalue weighted by Gasteiger charge is -2.06. The van der Waals surface area contributed by atoms with Crippen LogP contribution in [0.5, 0.6) is 5.75 Å². The van der Waals surface area contributed by atoms with Crippen molar-refractivity contribution in [2.45, 2.75) is 6.36 Å². The fraction of sp³-hybridized carbons (Fsp3) is 0.133. The van der Waals surface area contributed by atoms with E-state index in [4.69, 9.17) is 9.84 Å². The van der Waals surface area contributed by atoms with Gasteiger partial charge in [0.05, 0.1) is 13.5 Å².